The molecule has 1 rings (SSSR count). The Balaban J connectivity index is 2.69. The van der Waals surface area contributed by atoms with Crippen molar-refractivity contribution in [3.05, 3.63) is 23.2 Å². The van der Waals surface area contributed by atoms with Crippen molar-refractivity contribution in [1.82, 2.24) is 0 Å². The monoisotopic (exact) mass is 245 g/mol. The molecular formula is C11H16ClNOS. The van der Waals surface area contributed by atoms with Gasteiger partial charge in [-0.15, -0.1) is 11.8 Å². The van der Waals surface area contributed by atoms with Gasteiger partial charge < -0.3 is 10.8 Å². The first kappa shape index (κ1) is 12.7. The van der Waals surface area contributed by atoms with Crippen LogP contribution in [-0.2, 0) is 0 Å². The maximum Gasteiger partial charge on any atom is 0.0710 e. The molecule has 0 fully saturated rings. The van der Waals surface area contributed by atoms with Gasteiger partial charge in [0.15, 0.2) is 0 Å². The first-order valence-electron chi connectivity index (χ1n) is 4.85. The summed E-state index contributed by atoms with van der Waals surface area (Å²) in [6.45, 7) is 3.78. The largest absolute Gasteiger partial charge is 0.398 e. The van der Waals surface area contributed by atoms with Crippen LogP contribution in [0.25, 0.3) is 0 Å². The average molecular weight is 246 g/mol. The van der Waals surface area contributed by atoms with Crippen molar-refractivity contribution in [2.45, 2.75) is 30.8 Å². The maximum atomic E-state index is 9.85. The molecule has 1 aromatic rings. The van der Waals surface area contributed by atoms with Crippen molar-refractivity contribution >= 4 is 29.1 Å². The van der Waals surface area contributed by atoms with Crippen LogP contribution < -0.4 is 5.73 Å². The molecule has 84 valence electrons. The Labute approximate surface area is 99.8 Å². The summed E-state index contributed by atoms with van der Waals surface area (Å²) in [7, 11) is 0. The lowest BCUT2D eigenvalue weighted by molar-refractivity contribution is 0.0816. The Morgan fingerprint density at radius 2 is 2.20 bits per heavy atom. The molecule has 15 heavy (non-hydrogen) atoms. The zero-order chi connectivity index (χ0) is 11.5. The van der Waals surface area contributed by atoms with Crippen molar-refractivity contribution in [3.8, 4) is 0 Å². The Morgan fingerprint density at radius 1 is 1.53 bits per heavy atom. The minimum atomic E-state index is -0.653. The van der Waals surface area contributed by atoms with Crippen LogP contribution in [0.1, 0.15) is 20.3 Å². The fraction of sp³-hybridized carbons (Fsp3) is 0.455. The quantitative estimate of drug-likeness (QED) is 0.633. The molecule has 0 saturated heterocycles. The van der Waals surface area contributed by atoms with E-state index in [1.54, 1.807) is 12.1 Å². The van der Waals surface area contributed by atoms with Gasteiger partial charge in [0.05, 0.1) is 5.60 Å². The molecular weight excluding hydrogens is 230 g/mol. The molecule has 0 aromatic heterocycles. The number of thioether (sulfide) groups is 1. The van der Waals surface area contributed by atoms with E-state index >= 15 is 0 Å². The van der Waals surface area contributed by atoms with E-state index in [1.807, 2.05) is 19.9 Å². The van der Waals surface area contributed by atoms with Crippen LogP contribution in [0.2, 0.25) is 5.02 Å². The lowest BCUT2D eigenvalue weighted by Crippen LogP contribution is -2.25. The van der Waals surface area contributed by atoms with E-state index in [9.17, 15) is 5.11 Å². The second kappa shape index (κ2) is 5.10. The summed E-state index contributed by atoms with van der Waals surface area (Å²) in [6, 6.07) is 5.37. The van der Waals surface area contributed by atoms with E-state index in [-0.39, 0.29) is 0 Å². The number of hydrogen-bond donors (Lipinski definition) is 2. The third-order valence-electron chi connectivity index (χ3n) is 2.28. The summed E-state index contributed by atoms with van der Waals surface area (Å²) in [6.07, 6.45) is 0.723. The van der Waals surface area contributed by atoms with E-state index in [0.29, 0.717) is 16.5 Å². The third kappa shape index (κ3) is 3.93. The van der Waals surface area contributed by atoms with Gasteiger partial charge in [-0.3, -0.25) is 0 Å². The summed E-state index contributed by atoms with van der Waals surface area (Å²) in [5, 5.41) is 10.5. The third-order valence-corrected chi connectivity index (χ3v) is 3.94. The van der Waals surface area contributed by atoms with E-state index in [4.69, 9.17) is 17.3 Å². The molecule has 0 aliphatic heterocycles. The van der Waals surface area contributed by atoms with E-state index in [1.165, 1.54) is 11.8 Å². The van der Waals surface area contributed by atoms with Crippen molar-refractivity contribution in [3.63, 3.8) is 0 Å². The smallest absolute Gasteiger partial charge is 0.0710 e. The number of benzene rings is 1. The van der Waals surface area contributed by atoms with Gasteiger partial charge in [0.2, 0.25) is 0 Å². The first-order chi connectivity index (χ1) is 6.94. The summed E-state index contributed by atoms with van der Waals surface area (Å²) in [5.74, 6) is 0.619. The van der Waals surface area contributed by atoms with Crippen LogP contribution in [0.5, 0.6) is 0 Å². The Morgan fingerprint density at radius 3 is 2.80 bits per heavy atom. The highest BCUT2D eigenvalue weighted by atomic mass is 35.5. The standard InChI is InChI=1S/C11H16ClNOS/c1-3-11(2,14)7-15-10-6-8(12)4-5-9(10)13/h4-6,14H,3,7,13H2,1-2H3. The minimum Gasteiger partial charge on any atom is -0.398 e. The SMILES string of the molecule is CCC(C)(O)CSc1cc(Cl)ccc1N. The van der Waals surface area contributed by atoms with Gasteiger partial charge in [-0.25, -0.2) is 0 Å². The molecule has 1 atom stereocenters. The van der Waals surface area contributed by atoms with Crippen molar-refractivity contribution in [2.75, 3.05) is 11.5 Å². The van der Waals surface area contributed by atoms with Crippen LogP contribution in [0.4, 0.5) is 5.69 Å². The zero-order valence-corrected chi connectivity index (χ0v) is 10.5. The number of aliphatic hydroxyl groups is 1. The second-order valence-corrected chi connectivity index (χ2v) is 5.27. The molecule has 0 bridgehead atoms. The van der Waals surface area contributed by atoms with Crippen LogP contribution in [0, 0.1) is 0 Å². The number of rotatable bonds is 4. The van der Waals surface area contributed by atoms with Crippen LogP contribution in [-0.4, -0.2) is 16.5 Å². The van der Waals surface area contributed by atoms with Crippen LogP contribution >= 0.6 is 23.4 Å². The van der Waals surface area contributed by atoms with Crippen molar-refractivity contribution in [1.29, 1.82) is 0 Å². The molecule has 0 amide bonds. The van der Waals surface area contributed by atoms with Gasteiger partial charge in [0.25, 0.3) is 0 Å². The van der Waals surface area contributed by atoms with Gasteiger partial charge in [0.1, 0.15) is 0 Å². The van der Waals surface area contributed by atoms with Gasteiger partial charge in [-0.2, -0.15) is 0 Å². The highest BCUT2D eigenvalue weighted by Gasteiger charge is 2.18. The fourth-order valence-electron chi connectivity index (χ4n) is 0.968. The summed E-state index contributed by atoms with van der Waals surface area (Å²) >= 11 is 7.40. The molecule has 0 aliphatic rings. The molecule has 0 spiro atoms. The van der Waals surface area contributed by atoms with Crippen LogP contribution in [0.15, 0.2) is 23.1 Å². The summed E-state index contributed by atoms with van der Waals surface area (Å²) in [5.41, 5.74) is 5.85. The van der Waals surface area contributed by atoms with E-state index < -0.39 is 5.60 Å². The molecule has 1 unspecified atom stereocenters. The Hall–Kier alpha value is -0.380. The molecule has 0 heterocycles. The molecule has 4 heteroatoms. The van der Waals surface area contributed by atoms with Gasteiger partial charge in [0, 0.05) is 21.4 Å². The lowest BCUT2D eigenvalue weighted by atomic mass is 10.1. The fourth-order valence-corrected chi connectivity index (χ4v) is 2.32. The topological polar surface area (TPSA) is 46.2 Å². The van der Waals surface area contributed by atoms with Crippen LogP contribution in [0.3, 0.4) is 0 Å². The number of hydrogen-bond acceptors (Lipinski definition) is 3. The zero-order valence-electron chi connectivity index (χ0n) is 8.96. The van der Waals surface area contributed by atoms with Gasteiger partial charge in [-0.1, -0.05) is 18.5 Å². The maximum absolute atomic E-state index is 9.85. The molecule has 0 saturated carbocycles. The lowest BCUT2D eigenvalue weighted by Gasteiger charge is -2.20. The summed E-state index contributed by atoms with van der Waals surface area (Å²) in [4.78, 5) is 0.927. The van der Waals surface area contributed by atoms with E-state index in [2.05, 4.69) is 0 Å². The number of anilines is 1. The second-order valence-electron chi connectivity index (χ2n) is 3.82. The molecule has 0 aliphatic carbocycles. The highest BCUT2D eigenvalue weighted by molar-refractivity contribution is 7.99. The van der Waals surface area contributed by atoms with Gasteiger partial charge in [-0.05, 0) is 31.5 Å². The van der Waals surface area contributed by atoms with Crippen molar-refractivity contribution < 1.29 is 5.11 Å². The molecule has 1 aromatic carbocycles. The van der Waals surface area contributed by atoms with E-state index in [0.717, 1.165) is 11.3 Å². The number of nitrogen functional groups attached to an aromatic ring is 1. The first-order valence-corrected chi connectivity index (χ1v) is 6.21. The predicted molar refractivity (Wildman–Crippen MR) is 67.5 cm³/mol. The average Bonchev–Trinajstić information content (AvgIpc) is 2.20. The Bertz CT molecular complexity index is 341. The Kier molecular flexibility index (Phi) is 4.32. The highest BCUT2D eigenvalue weighted by Crippen LogP contribution is 2.30. The number of nitrogens with two attached hydrogens (primary N) is 1. The normalized spacial score (nSPS) is 14.9. The number of halogens is 1. The molecule has 2 nitrogen and oxygen atoms in total. The summed E-state index contributed by atoms with van der Waals surface area (Å²) < 4.78 is 0. The predicted octanol–water partition coefficient (Wildman–Crippen LogP) is 3.18. The molecule has 3 N–H and O–H groups in total. The van der Waals surface area contributed by atoms with Gasteiger partial charge >= 0.3 is 0 Å². The van der Waals surface area contributed by atoms with Crippen molar-refractivity contribution in [2.24, 2.45) is 0 Å². The molecule has 0 radical (unpaired) electrons. The minimum absolute atomic E-state index is 0.619.